The minimum atomic E-state index is 0.714. The molecule has 1 rings (SSSR count). The van der Waals surface area contributed by atoms with Gasteiger partial charge in [0.1, 0.15) is 11.4 Å². The zero-order valence-corrected chi connectivity index (χ0v) is 7.29. The smallest absolute Gasteiger partial charge is 0.108 e. The summed E-state index contributed by atoms with van der Waals surface area (Å²) in [7, 11) is 0. The van der Waals surface area contributed by atoms with Crippen LogP contribution in [0.5, 0.6) is 0 Å². The van der Waals surface area contributed by atoms with Gasteiger partial charge in [-0.05, 0) is 25.7 Å². The lowest BCUT2D eigenvalue weighted by molar-refractivity contribution is 0.300. The van der Waals surface area contributed by atoms with E-state index in [1.54, 1.807) is 0 Å². The van der Waals surface area contributed by atoms with Gasteiger partial charge in [-0.2, -0.15) is 0 Å². The van der Waals surface area contributed by atoms with E-state index in [9.17, 15) is 0 Å². The largest absolute Gasteiger partial charge is 0.244 e. The van der Waals surface area contributed by atoms with Gasteiger partial charge >= 0.3 is 0 Å². The molecule has 0 amide bonds. The van der Waals surface area contributed by atoms with Crippen molar-refractivity contribution >= 4 is 0 Å². The van der Waals surface area contributed by atoms with E-state index in [0.29, 0.717) is 5.92 Å². The Hall–Kier alpha value is -0.860. The molecule has 3 nitrogen and oxygen atoms in total. The highest BCUT2D eigenvalue weighted by Gasteiger charge is 2.04. The fraction of sp³-hybridized carbons (Fsp3) is 0.750. The average Bonchev–Trinajstić information content (AvgIpc) is 2.31. The Balaban J connectivity index is 2.44. The number of aromatic nitrogens is 2. The van der Waals surface area contributed by atoms with Gasteiger partial charge in [0.15, 0.2) is 0 Å². The molecule has 0 spiro atoms. The molecule has 0 bridgehead atoms. The van der Waals surface area contributed by atoms with Crippen LogP contribution < -0.4 is 0 Å². The Morgan fingerprint density at radius 3 is 2.55 bits per heavy atom. The van der Waals surface area contributed by atoms with E-state index in [0.717, 1.165) is 24.2 Å². The molecule has 0 aliphatic carbocycles. The van der Waals surface area contributed by atoms with Crippen molar-refractivity contribution < 1.29 is 4.63 Å². The summed E-state index contributed by atoms with van der Waals surface area (Å²) in [5.74, 6) is 0.714. The molecule has 0 N–H and O–H groups in total. The first-order valence-corrected chi connectivity index (χ1v) is 3.98. The van der Waals surface area contributed by atoms with Crippen LogP contribution in [0.3, 0.4) is 0 Å². The molecule has 1 heterocycles. The summed E-state index contributed by atoms with van der Waals surface area (Å²) in [6.07, 6.45) is 2.13. The third kappa shape index (κ3) is 2.33. The van der Waals surface area contributed by atoms with Crippen molar-refractivity contribution in [3.05, 3.63) is 11.4 Å². The molecule has 1 aromatic rings. The Bertz CT molecular complexity index is 218. The monoisotopic (exact) mass is 154 g/mol. The van der Waals surface area contributed by atoms with Gasteiger partial charge in [-0.3, -0.25) is 0 Å². The summed E-state index contributed by atoms with van der Waals surface area (Å²) in [5, 5.41) is 7.51. The van der Waals surface area contributed by atoms with E-state index < -0.39 is 0 Å². The minimum absolute atomic E-state index is 0.714. The number of nitrogens with zero attached hydrogens (tertiary/aromatic N) is 2. The minimum Gasteiger partial charge on any atom is -0.244 e. The predicted octanol–water partition coefficient (Wildman–Crippen LogP) is 1.97. The molecule has 0 radical (unpaired) electrons. The van der Waals surface area contributed by atoms with Crippen molar-refractivity contribution in [2.24, 2.45) is 5.92 Å². The standard InChI is InChI=1S/C8H14N2O/c1-6(2)4-5-8-7(3)9-11-10-8/h6H,4-5H2,1-3H3. The fourth-order valence-corrected chi connectivity index (χ4v) is 0.902. The molecule has 0 atom stereocenters. The number of hydrogen-bond acceptors (Lipinski definition) is 3. The molecule has 11 heavy (non-hydrogen) atoms. The second-order valence-electron chi connectivity index (χ2n) is 3.23. The van der Waals surface area contributed by atoms with Crippen LogP contribution in [0.2, 0.25) is 0 Å². The van der Waals surface area contributed by atoms with E-state index in [2.05, 4.69) is 28.8 Å². The van der Waals surface area contributed by atoms with Gasteiger partial charge in [-0.25, -0.2) is 4.63 Å². The molecule has 0 saturated heterocycles. The van der Waals surface area contributed by atoms with E-state index >= 15 is 0 Å². The van der Waals surface area contributed by atoms with Crippen LogP contribution in [-0.2, 0) is 6.42 Å². The molecular formula is C8H14N2O. The first-order chi connectivity index (χ1) is 5.20. The van der Waals surface area contributed by atoms with Crippen molar-refractivity contribution in [1.29, 1.82) is 0 Å². The Morgan fingerprint density at radius 1 is 1.36 bits per heavy atom. The summed E-state index contributed by atoms with van der Waals surface area (Å²) in [6, 6.07) is 0. The highest BCUT2D eigenvalue weighted by atomic mass is 16.6. The maximum absolute atomic E-state index is 4.58. The maximum atomic E-state index is 4.58. The maximum Gasteiger partial charge on any atom is 0.108 e. The van der Waals surface area contributed by atoms with E-state index in [1.807, 2.05) is 6.92 Å². The molecular weight excluding hydrogens is 140 g/mol. The molecule has 62 valence electrons. The summed E-state index contributed by atoms with van der Waals surface area (Å²) < 4.78 is 4.58. The molecule has 0 aromatic carbocycles. The van der Waals surface area contributed by atoms with Gasteiger partial charge in [0, 0.05) is 0 Å². The molecule has 3 heteroatoms. The van der Waals surface area contributed by atoms with Gasteiger partial charge < -0.3 is 0 Å². The lowest BCUT2D eigenvalue weighted by Gasteiger charge is -1.99. The van der Waals surface area contributed by atoms with Crippen LogP contribution in [0.1, 0.15) is 31.7 Å². The third-order valence-corrected chi connectivity index (χ3v) is 1.70. The Labute approximate surface area is 66.8 Å². The van der Waals surface area contributed by atoms with Crippen molar-refractivity contribution in [1.82, 2.24) is 10.3 Å². The molecule has 0 saturated carbocycles. The van der Waals surface area contributed by atoms with Crippen LogP contribution in [0.25, 0.3) is 0 Å². The summed E-state index contributed by atoms with van der Waals surface area (Å²) in [6.45, 7) is 6.32. The van der Waals surface area contributed by atoms with Crippen LogP contribution in [0.4, 0.5) is 0 Å². The third-order valence-electron chi connectivity index (χ3n) is 1.70. The number of aryl methyl sites for hydroxylation is 2. The van der Waals surface area contributed by atoms with Crippen molar-refractivity contribution in [2.45, 2.75) is 33.6 Å². The summed E-state index contributed by atoms with van der Waals surface area (Å²) >= 11 is 0. The second kappa shape index (κ2) is 3.51. The normalized spacial score (nSPS) is 10.9. The number of rotatable bonds is 3. The lowest BCUT2D eigenvalue weighted by Crippen LogP contribution is -1.93. The molecule has 0 aliphatic heterocycles. The topological polar surface area (TPSA) is 38.9 Å². The van der Waals surface area contributed by atoms with Crippen molar-refractivity contribution in [3.63, 3.8) is 0 Å². The number of hydrogen-bond donors (Lipinski definition) is 0. The zero-order valence-electron chi connectivity index (χ0n) is 7.29. The summed E-state index contributed by atoms with van der Waals surface area (Å²) in [5.41, 5.74) is 1.92. The van der Waals surface area contributed by atoms with Crippen molar-refractivity contribution in [2.75, 3.05) is 0 Å². The van der Waals surface area contributed by atoms with Gasteiger partial charge in [-0.1, -0.05) is 24.2 Å². The highest BCUT2D eigenvalue weighted by Crippen LogP contribution is 2.08. The predicted molar refractivity (Wildman–Crippen MR) is 42.2 cm³/mol. The van der Waals surface area contributed by atoms with E-state index in [4.69, 9.17) is 0 Å². The van der Waals surface area contributed by atoms with Crippen LogP contribution >= 0.6 is 0 Å². The average molecular weight is 154 g/mol. The first kappa shape index (κ1) is 8.24. The van der Waals surface area contributed by atoms with Gasteiger partial charge in [-0.15, -0.1) is 0 Å². The van der Waals surface area contributed by atoms with Crippen LogP contribution in [-0.4, -0.2) is 10.3 Å². The summed E-state index contributed by atoms with van der Waals surface area (Å²) in [4.78, 5) is 0. The Kier molecular flexibility index (Phi) is 2.63. The second-order valence-corrected chi connectivity index (χ2v) is 3.23. The van der Waals surface area contributed by atoms with E-state index in [1.165, 1.54) is 0 Å². The Morgan fingerprint density at radius 2 is 2.09 bits per heavy atom. The lowest BCUT2D eigenvalue weighted by atomic mass is 10.1. The van der Waals surface area contributed by atoms with Crippen LogP contribution in [0.15, 0.2) is 4.63 Å². The highest BCUT2D eigenvalue weighted by molar-refractivity contribution is 5.04. The molecule has 0 aliphatic rings. The quantitative estimate of drug-likeness (QED) is 0.668. The fourth-order valence-electron chi connectivity index (χ4n) is 0.902. The molecule has 0 unspecified atom stereocenters. The van der Waals surface area contributed by atoms with E-state index in [-0.39, 0.29) is 0 Å². The van der Waals surface area contributed by atoms with Crippen molar-refractivity contribution in [3.8, 4) is 0 Å². The first-order valence-electron chi connectivity index (χ1n) is 3.98. The van der Waals surface area contributed by atoms with Gasteiger partial charge in [0.25, 0.3) is 0 Å². The SMILES string of the molecule is Cc1nonc1CCC(C)C. The van der Waals surface area contributed by atoms with Crippen LogP contribution in [0, 0.1) is 12.8 Å². The zero-order chi connectivity index (χ0) is 8.27. The molecule has 0 fully saturated rings. The molecule has 1 aromatic heterocycles. The van der Waals surface area contributed by atoms with Gasteiger partial charge in [0.05, 0.1) is 0 Å². The van der Waals surface area contributed by atoms with Gasteiger partial charge in [0.2, 0.25) is 0 Å².